The van der Waals surface area contributed by atoms with Gasteiger partial charge in [0.25, 0.3) is 0 Å². The molecule has 1 saturated carbocycles. The van der Waals surface area contributed by atoms with Gasteiger partial charge in [0, 0.05) is 22.7 Å². The third-order valence-corrected chi connectivity index (χ3v) is 6.11. The minimum absolute atomic E-state index is 0.00508. The Kier molecular flexibility index (Phi) is 5.79. The maximum absolute atomic E-state index is 13.7. The number of amides is 1. The Morgan fingerprint density at radius 3 is 2.72 bits per heavy atom. The van der Waals surface area contributed by atoms with E-state index in [2.05, 4.69) is 31.1 Å². The lowest BCUT2D eigenvalue weighted by molar-refractivity contribution is -0.125. The molecule has 1 aliphatic carbocycles. The average Bonchev–Trinajstić information content (AvgIpc) is 2.81. The van der Waals surface area contributed by atoms with Crippen LogP contribution < -0.4 is 10.2 Å². The Bertz CT molecular complexity index is 893. The van der Waals surface area contributed by atoms with E-state index in [-0.39, 0.29) is 30.1 Å². The number of aromatic nitrogens is 1. The summed E-state index contributed by atoms with van der Waals surface area (Å²) < 4.78 is 5.96. The zero-order valence-corrected chi connectivity index (χ0v) is 17.9. The molecule has 1 amide bonds. The highest BCUT2D eigenvalue weighted by atomic mass is 35.5. The van der Waals surface area contributed by atoms with Gasteiger partial charge in [-0.15, -0.1) is 0 Å². The number of carbonyl (C=O) groups is 1. The van der Waals surface area contributed by atoms with Gasteiger partial charge in [0.15, 0.2) is 0 Å². The maximum atomic E-state index is 13.7. The number of benzene rings is 1. The van der Waals surface area contributed by atoms with Crippen molar-refractivity contribution in [2.75, 3.05) is 10.2 Å². The molecule has 29 heavy (non-hydrogen) atoms. The summed E-state index contributed by atoms with van der Waals surface area (Å²) >= 11 is 6.31. The summed E-state index contributed by atoms with van der Waals surface area (Å²) in [6.07, 6.45) is 5.80. The predicted octanol–water partition coefficient (Wildman–Crippen LogP) is 5.87. The van der Waals surface area contributed by atoms with Crippen molar-refractivity contribution in [3.63, 3.8) is 0 Å². The molecule has 4 rings (SSSR count). The van der Waals surface area contributed by atoms with Gasteiger partial charge in [-0.2, -0.15) is 0 Å². The van der Waals surface area contributed by atoms with Gasteiger partial charge in [0.05, 0.1) is 29.6 Å². The first-order valence-electron chi connectivity index (χ1n) is 10.4. The minimum Gasteiger partial charge on any atom is -0.376 e. The van der Waals surface area contributed by atoms with Crippen LogP contribution in [0.4, 0.5) is 17.2 Å². The van der Waals surface area contributed by atoms with Crippen LogP contribution in [-0.2, 0) is 9.53 Å². The third-order valence-electron chi connectivity index (χ3n) is 5.87. The number of carbonyl (C=O) groups excluding carboxylic acids is 1. The monoisotopic (exact) mass is 413 g/mol. The topological polar surface area (TPSA) is 54.5 Å². The lowest BCUT2D eigenvalue weighted by Gasteiger charge is -2.35. The van der Waals surface area contributed by atoms with Gasteiger partial charge >= 0.3 is 0 Å². The van der Waals surface area contributed by atoms with Gasteiger partial charge in [-0.1, -0.05) is 17.7 Å². The fourth-order valence-corrected chi connectivity index (χ4v) is 4.65. The molecule has 154 valence electrons. The van der Waals surface area contributed by atoms with Crippen LogP contribution in [0, 0.1) is 5.92 Å². The first-order chi connectivity index (χ1) is 13.9. The number of pyridine rings is 1. The predicted molar refractivity (Wildman–Crippen MR) is 117 cm³/mol. The van der Waals surface area contributed by atoms with E-state index in [0.29, 0.717) is 5.02 Å². The molecule has 1 aliphatic heterocycles. The molecule has 1 aromatic carbocycles. The van der Waals surface area contributed by atoms with Gasteiger partial charge < -0.3 is 15.0 Å². The minimum atomic E-state index is -0.136. The molecule has 5 nitrogen and oxygen atoms in total. The molecule has 1 N–H and O–H groups in total. The molecule has 2 aromatic rings. The zero-order chi connectivity index (χ0) is 20.5. The second kappa shape index (κ2) is 8.33. The summed E-state index contributed by atoms with van der Waals surface area (Å²) in [4.78, 5) is 20.1. The standard InChI is InChI=1S/C23H28ClN3O2/c1-14(2)29-18-9-6-16(7-10-18)23(28)27-15(3)19-5-4-12-25-22(19)26-20-11-8-17(24)13-21(20)27/h4-5,8,11-16,18H,6-7,9-10H2,1-3H3,(H,25,26)/t15?,16-,18-. The molecular weight excluding hydrogens is 386 g/mol. The fourth-order valence-electron chi connectivity index (χ4n) is 4.48. The van der Waals surface area contributed by atoms with E-state index in [0.717, 1.165) is 48.4 Å². The summed E-state index contributed by atoms with van der Waals surface area (Å²) in [7, 11) is 0. The first-order valence-corrected chi connectivity index (χ1v) is 10.8. The molecule has 1 unspecified atom stereocenters. The zero-order valence-electron chi connectivity index (χ0n) is 17.2. The van der Waals surface area contributed by atoms with E-state index >= 15 is 0 Å². The number of nitrogens with one attached hydrogen (secondary N) is 1. The third kappa shape index (κ3) is 4.12. The highest BCUT2D eigenvalue weighted by Gasteiger charge is 2.36. The molecule has 0 bridgehead atoms. The van der Waals surface area contributed by atoms with E-state index in [9.17, 15) is 4.79 Å². The van der Waals surface area contributed by atoms with E-state index < -0.39 is 0 Å². The van der Waals surface area contributed by atoms with Crippen LogP contribution in [0.5, 0.6) is 0 Å². The molecular formula is C23H28ClN3O2. The molecule has 6 heteroatoms. The molecule has 2 aliphatic rings. The van der Waals surface area contributed by atoms with Crippen LogP contribution in [-0.4, -0.2) is 23.1 Å². The Morgan fingerprint density at radius 2 is 2.00 bits per heavy atom. The van der Waals surface area contributed by atoms with Crippen molar-refractivity contribution >= 4 is 34.7 Å². The van der Waals surface area contributed by atoms with E-state index in [1.54, 1.807) is 6.20 Å². The van der Waals surface area contributed by atoms with E-state index in [1.807, 2.05) is 35.2 Å². The second-order valence-electron chi connectivity index (χ2n) is 8.27. The second-order valence-corrected chi connectivity index (χ2v) is 8.71. The number of fused-ring (bicyclic) bond motifs is 2. The van der Waals surface area contributed by atoms with Gasteiger partial charge in [0.2, 0.25) is 5.91 Å². The van der Waals surface area contributed by atoms with Gasteiger partial charge in [0.1, 0.15) is 5.82 Å². The van der Waals surface area contributed by atoms with E-state index in [4.69, 9.17) is 16.3 Å². The average molecular weight is 414 g/mol. The smallest absolute Gasteiger partial charge is 0.230 e. The molecule has 0 radical (unpaired) electrons. The maximum Gasteiger partial charge on any atom is 0.230 e. The Balaban J connectivity index is 1.65. The summed E-state index contributed by atoms with van der Waals surface area (Å²) in [5.74, 6) is 0.935. The van der Waals surface area contributed by atoms with Crippen molar-refractivity contribution in [1.29, 1.82) is 0 Å². The van der Waals surface area contributed by atoms with Crippen molar-refractivity contribution in [2.45, 2.75) is 64.7 Å². The van der Waals surface area contributed by atoms with Crippen molar-refractivity contribution in [2.24, 2.45) is 5.92 Å². The van der Waals surface area contributed by atoms with Gasteiger partial charge in [-0.25, -0.2) is 4.98 Å². The Labute approximate surface area is 177 Å². The van der Waals surface area contributed by atoms with Gasteiger partial charge in [-0.3, -0.25) is 4.79 Å². The number of ether oxygens (including phenoxy) is 1. The lowest BCUT2D eigenvalue weighted by atomic mass is 9.85. The molecule has 1 aromatic heterocycles. The normalized spacial score (nSPS) is 23.8. The SMILES string of the molecule is CC(C)O[C@H]1CC[C@H](C(=O)N2c3cc(Cl)ccc3Nc3ncccc3C2C)CC1. The fraction of sp³-hybridized carbons (Fsp3) is 0.478. The summed E-state index contributed by atoms with van der Waals surface area (Å²) in [5, 5.41) is 4.01. The van der Waals surface area contributed by atoms with E-state index in [1.165, 1.54) is 0 Å². The molecule has 1 atom stereocenters. The first kappa shape index (κ1) is 20.2. The number of rotatable bonds is 3. The highest BCUT2D eigenvalue weighted by Crippen LogP contribution is 2.43. The van der Waals surface area contributed by atoms with Crippen molar-refractivity contribution in [3.05, 3.63) is 47.1 Å². The number of anilines is 3. The Morgan fingerprint density at radius 1 is 1.24 bits per heavy atom. The van der Waals surface area contributed by atoms with Crippen LogP contribution >= 0.6 is 11.6 Å². The summed E-state index contributed by atoms with van der Waals surface area (Å²) in [5.41, 5.74) is 2.67. The number of hydrogen-bond acceptors (Lipinski definition) is 4. The van der Waals surface area contributed by atoms with Crippen LogP contribution in [0.3, 0.4) is 0 Å². The molecule has 0 spiro atoms. The highest BCUT2D eigenvalue weighted by molar-refractivity contribution is 6.31. The van der Waals surface area contributed by atoms with Crippen LogP contribution in [0.15, 0.2) is 36.5 Å². The van der Waals surface area contributed by atoms with Crippen molar-refractivity contribution in [1.82, 2.24) is 4.98 Å². The van der Waals surface area contributed by atoms with Crippen molar-refractivity contribution < 1.29 is 9.53 Å². The Hall–Kier alpha value is -2.11. The molecule has 0 saturated heterocycles. The molecule has 2 heterocycles. The largest absolute Gasteiger partial charge is 0.376 e. The summed E-state index contributed by atoms with van der Waals surface area (Å²) in [6.45, 7) is 6.19. The number of hydrogen-bond donors (Lipinski definition) is 1. The van der Waals surface area contributed by atoms with Crippen LogP contribution in [0.25, 0.3) is 0 Å². The number of halogens is 1. The number of nitrogens with zero attached hydrogens (tertiary/aromatic N) is 2. The molecule has 1 fully saturated rings. The summed E-state index contributed by atoms with van der Waals surface area (Å²) in [6, 6.07) is 9.43. The lowest BCUT2D eigenvalue weighted by Crippen LogP contribution is -2.40. The van der Waals surface area contributed by atoms with Crippen LogP contribution in [0.1, 0.15) is 58.1 Å². The van der Waals surface area contributed by atoms with Crippen molar-refractivity contribution in [3.8, 4) is 0 Å². The van der Waals surface area contributed by atoms with Crippen LogP contribution in [0.2, 0.25) is 5.02 Å². The quantitative estimate of drug-likeness (QED) is 0.683. The van der Waals surface area contributed by atoms with Gasteiger partial charge in [-0.05, 0) is 70.7 Å².